The predicted molar refractivity (Wildman–Crippen MR) is 97.8 cm³/mol. The number of hydrogen-bond donors (Lipinski definition) is 1. The number of nitrogens with zero attached hydrogens (tertiary/aromatic N) is 1. The first-order valence-corrected chi connectivity index (χ1v) is 9.07. The lowest BCUT2D eigenvalue weighted by atomic mass is 9.87. The van der Waals surface area contributed by atoms with Crippen molar-refractivity contribution >= 4 is 18.3 Å². The summed E-state index contributed by atoms with van der Waals surface area (Å²) in [5.41, 5.74) is 0.110. The molecular formula is C19H26ClF3N2O. The zero-order valence-corrected chi connectivity index (χ0v) is 15.8. The van der Waals surface area contributed by atoms with Gasteiger partial charge in [-0.3, -0.25) is 4.79 Å². The Bertz CT molecular complexity index is 630. The smallest absolute Gasteiger partial charge is 0.338 e. The summed E-state index contributed by atoms with van der Waals surface area (Å²) in [5.74, 6) is 0.204. The molecule has 1 amide bonds. The highest BCUT2D eigenvalue weighted by molar-refractivity contribution is 5.94. The molecule has 2 heterocycles. The van der Waals surface area contributed by atoms with E-state index < -0.39 is 11.7 Å². The molecule has 7 heteroatoms. The maximum Gasteiger partial charge on any atom is 0.416 e. The molecule has 0 aliphatic carbocycles. The largest absolute Gasteiger partial charge is 0.416 e. The van der Waals surface area contributed by atoms with Crippen LogP contribution in [0.3, 0.4) is 0 Å². The summed E-state index contributed by atoms with van der Waals surface area (Å²) >= 11 is 0. The molecule has 0 aromatic heterocycles. The maximum atomic E-state index is 13.3. The van der Waals surface area contributed by atoms with Crippen LogP contribution in [0.15, 0.2) is 18.2 Å². The average Bonchev–Trinajstić information content (AvgIpc) is 2.60. The maximum absolute atomic E-state index is 13.3. The summed E-state index contributed by atoms with van der Waals surface area (Å²) in [4.78, 5) is 14.5. The molecule has 1 aromatic carbocycles. The average molecular weight is 391 g/mol. The number of alkyl halides is 3. The molecule has 26 heavy (non-hydrogen) atoms. The van der Waals surface area contributed by atoms with Crippen LogP contribution >= 0.6 is 12.4 Å². The van der Waals surface area contributed by atoms with Crippen molar-refractivity contribution in [2.24, 2.45) is 5.92 Å². The van der Waals surface area contributed by atoms with Crippen molar-refractivity contribution in [3.05, 3.63) is 34.9 Å². The van der Waals surface area contributed by atoms with Crippen LogP contribution < -0.4 is 5.32 Å². The SMILES string of the molecule is CC1CCCN(C(=O)c2cc(C3CCNCC3)cc(C(F)(F)F)c2)C1.Cl. The van der Waals surface area contributed by atoms with Crippen molar-refractivity contribution in [3.63, 3.8) is 0 Å². The fraction of sp³-hybridized carbons (Fsp3) is 0.632. The lowest BCUT2D eigenvalue weighted by molar-refractivity contribution is -0.137. The Balaban J connectivity index is 0.00000243. The van der Waals surface area contributed by atoms with Gasteiger partial charge < -0.3 is 10.2 Å². The Morgan fingerprint density at radius 3 is 2.46 bits per heavy atom. The number of carbonyl (C=O) groups excluding carboxylic acids is 1. The molecule has 146 valence electrons. The molecule has 2 saturated heterocycles. The minimum atomic E-state index is -4.44. The van der Waals surface area contributed by atoms with E-state index >= 15 is 0 Å². The van der Waals surface area contributed by atoms with Gasteiger partial charge in [0.2, 0.25) is 0 Å². The van der Waals surface area contributed by atoms with E-state index in [-0.39, 0.29) is 29.8 Å². The highest BCUT2D eigenvalue weighted by Crippen LogP contribution is 2.35. The third-order valence-corrected chi connectivity index (χ3v) is 5.28. The van der Waals surface area contributed by atoms with Crippen LogP contribution in [0, 0.1) is 5.92 Å². The molecule has 1 unspecified atom stereocenters. The second kappa shape index (κ2) is 8.61. The second-order valence-electron chi connectivity index (χ2n) is 7.36. The monoisotopic (exact) mass is 390 g/mol. The van der Waals surface area contributed by atoms with Gasteiger partial charge in [-0.25, -0.2) is 0 Å². The molecule has 1 atom stereocenters. The number of hydrogen-bond acceptors (Lipinski definition) is 2. The number of amides is 1. The van der Waals surface area contributed by atoms with Gasteiger partial charge in [-0.2, -0.15) is 13.2 Å². The van der Waals surface area contributed by atoms with E-state index in [0.717, 1.165) is 44.8 Å². The van der Waals surface area contributed by atoms with E-state index in [1.54, 1.807) is 11.0 Å². The fourth-order valence-corrected chi connectivity index (χ4v) is 3.89. The Labute approximate surface area is 158 Å². The zero-order valence-electron chi connectivity index (χ0n) is 14.9. The van der Waals surface area contributed by atoms with Crippen LogP contribution in [0.5, 0.6) is 0 Å². The topological polar surface area (TPSA) is 32.3 Å². The van der Waals surface area contributed by atoms with Crippen LogP contribution in [0.2, 0.25) is 0 Å². The Morgan fingerprint density at radius 1 is 1.15 bits per heavy atom. The number of nitrogens with one attached hydrogen (secondary N) is 1. The van der Waals surface area contributed by atoms with Crippen LogP contribution in [-0.4, -0.2) is 37.0 Å². The third kappa shape index (κ3) is 4.92. The molecule has 1 N–H and O–H groups in total. The van der Waals surface area contributed by atoms with Gasteiger partial charge >= 0.3 is 6.18 Å². The van der Waals surface area contributed by atoms with Crippen molar-refractivity contribution in [1.29, 1.82) is 0 Å². The highest BCUT2D eigenvalue weighted by atomic mass is 35.5. The van der Waals surface area contributed by atoms with E-state index in [4.69, 9.17) is 0 Å². The number of likely N-dealkylation sites (tertiary alicyclic amines) is 1. The molecule has 2 fully saturated rings. The standard InChI is InChI=1S/C19H25F3N2O.ClH/c1-13-3-2-8-24(12-13)18(25)16-9-15(14-4-6-23-7-5-14)10-17(11-16)19(20,21)22;/h9-11,13-14,23H,2-8,12H2,1H3;1H. The third-order valence-electron chi connectivity index (χ3n) is 5.28. The molecule has 0 saturated carbocycles. The molecular weight excluding hydrogens is 365 g/mol. The van der Waals surface area contributed by atoms with Gasteiger partial charge in [0.15, 0.2) is 0 Å². The van der Waals surface area contributed by atoms with Crippen molar-refractivity contribution in [2.75, 3.05) is 26.2 Å². The van der Waals surface area contributed by atoms with E-state index in [2.05, 4.69) is 12.2 Å². The van der Waals surface area contributed by atoms with E-state index in [1.807, 2.05) is 0 Å². The number of piperidine rings is 2. The molecule has 2 aliphatic rings. The Morgan fingerprint density at radius 2 is 1.85 bits per heavy atom. The van der Waals surface area contributed by atoms with E-state index in [9.17, 15) is 18.0 Å². The van der Waals surface area contributed by atoms with Crippen LogP contribution in [0.25, 0.3) is 0 Å². The zero-order chi connectivity index (χ0) is 18.0. The van der Waals surface area contributed by atoms with Gasteiger partial charge in [0, 0.05) is 18.7 Å². The Hall–Kier alpha value is -1.27. The Kier molecular flexibility index (Phi) is 6.97. The molecule has 0 bridgehead atoms. The second-order valence-corrected chi connectivity index (χ2v) is 7.36. The van der Waals surface area contributed by atoms with Crippen LogP contribution in [-0.2, 0) is 6.18 Å². The van der Waals surface area contributed by atoms with Crippen LogP contribution in [0.1, 0.15) is 60.0 Å². The van der Waals surface area contributed by atoms with Gasteiger partial charge in [-0.1, -0.05) is 6.92 Å². The predicted octanol–water partition coefficient (Wildman–Crippen LogP) is 4.47. The van der Waals surface area contributed by atoms with Gasteiger partial charge in [0.25, 0.3) is 5.91 Å². The van der Waals surface area contributed by atoms with E-state index in [1.165, 1.54) is 6.07 Å². The summed E-state index contributed by atoms with van der Waals surface area (Å²) in [7, 11) is 0. The summed E-state index contributed by atoms with van der Waals surface area (Å²) in [6, 6.07) is 3.94. The lowest BCUT2D eigenvalue weighted by Crippen LogP contribution is -2.39. The first-order chi connectivity index (χ1) is 11.8. The minimum Gasteiger partial charge on any atom is -0.338 e. The highest BCUT2D eigenvalue weighted by Gasteiger charge is 2.33. The fourth-order valence-electron chi connectivity index (χ4n) is 3.89. The van der Waals surface area contributed by atoms with Gasteiger partial charge in [-0.05, 0) is 74.4 Å². The summed E-state index contributed by atoms with van der Waals surface area (Å²) in [6.07, 6.45) is -0.863. The molecule has 0 spiro atoms. The number of rotatable bonds is 2. The van der Waals surface area contributed by atoms with E-state index in [0.29, 0.717) is 24.6 Å². The lowest BCUT2D eigenvalue weighted by Gasteiger charge is -2.31. The summed E-state index contributed by atoms with van der Waals surface area (Å²) in [5, 5.41) is 3.23. The summed E-state index contributed by atoms with van der Waals surface area (Å²) in [6.45, 7) is 4.92. The van der Waals surface area contributed by atoms with Crippen molar-refractivity contribution in [2.45, 2.75) is 44.7 Å². The molecule has 0 radical (unpaired) electrons. The van der Waals surface area contributed by atoms with Crippen molar-refractivity contribution < 1.29 is 18.0 Å². The normalized spacial score (nSPS) is 22.0. The van der Waals surface area contributed by atoms with Crippen LogP contribution in [0.4, 0.5) is 13.2 Å². The van der Waals surface area contributed by atoms with Crippen molar-refractivity contribution in [1.82, 2.24) is 10.2 Å². The van der Waals surface area contributed by atoms with Gasteiger partial charge in [0.1, 0.15) is 0 Å². The quantitative estimate of drug-likeness (QED) is 0.808. The molecule has 3 rings (SSSR count). The van der Waals surface area contributed by atoms with Crippen molar-refractivity contribution in [3.8, 4) is 0 Å². The number of carbonyl (C=O) groups is 1. The molecule has 1 aromatic rings. The molecule has 3 nitrogen and oxygen atoms in total. The minimum absolute atomic E-state index is 0. The molecule has 2 aliphatic heterocycles. The number of halogens is 4. The first-order valence-electron chi connectivity index (χ1n) is 9.07. The first kappa shape index (κ1) is 21.0. The number of benzene rings is 1. The summed E-state index contributed by atoms with van der Waals surface area (Å²) < 4.78 is 40.0. The van der Waals surface area contributed by atoms with Gasteiger partial charge in [-0.15, -0.1) is 12.4 Å². The van der Waals surface area contributed by atoms with Gasteiger partial charge in [0.05, 0.1) is 5.56 Å².